The van der Waals surface area contributed by atoms with E-state index >= 15 is 0 Å². The van der Waals surface area contributed by atoms with Gasteiger partial charge in [-0.25, -0.2) is 14.4 Å². The quantitative estimate of drug-likeness (QED) is 0.883. The van der Waals surface area contributed by atoms with Crippen molar-refractivity contribution in [1.29, 1.82) is 0 Å². The van der Waals surface area contributed by atoms with Gasteiger partial charge in [-0.1, -0.05) is 0 Å². The summed E-state index contributed by atoms with van der Waals surface area (Å²) in [7, 11) is 2.73. The molecule has 0 saturated heterocycles. The van der Waals surface area contributed by atoms with Gasteiger partial charge in [0.05, 0.1) is 12.8 Å². The van der Waals surface area contributed by atoms with Crippen LogP contribution in [0, 0.1) is 5.82 Å². The molecule has 0 amide bonds. The Hall–Kier alpha value is -2.38. The number of methoxy groups -OCH3 is 1. The van der Waals surface area contributed by atoms with E-state index in [9.17, 15) is 17.6 Å². The summed E-state index contributed by atoms with van der Waals surface area (Å²) in [4.78, 5) is 6.78. The van der Waals surface area contributed by atoms with Crippen LogP contribution < -0.4 is 10.1 Å². The van der Waals surface area contributed by atoms with Crippen molar-refractivity contribution in [2.45, 2.75) is 6.18 Å². The maximum Gasteiger partial charge on any atom is 0.451 e. The molecule has 4 nitrogen and oxygen atoms in total. The van der Waals surface area contributed by atoms with E-state index in [4.69, 9.17) is 4.74 Å². The van der Waals surface area contributed by atoms with Crippen LogP contribution >= 0.6 is 0 Å². The summed E-state index contributed by atoms with van der Waals surface area (Å²) in [5.74, 6) is -1.99. The number of hydrogen-bond acceptors (Lipinski definition) is 4. The Morgan fingerprint density at radius 3 is 2.38 bits per heavy atom. The van der Waals surface area contributed by atoms with Crippen molar-refractivity contribution >= 4 is 5.82 Å². The first-order chi connectivity index (χ1) is 9.85. The van der Waals surface area contributed by atoms with Gasteiger partial charge in [-0.15, -0.1) is 0 Å². The molecule has 2 aromatic rings. The first-order valence-electron chi connectivity index (χ1n) is 5.83. The van der Waals surface area contributed by atoms with Gasteiger partial charge in [0.15, 0.2) is 11.6 Å². The van der Waals surface area contributed by atoms with Crippen LogP contribution in [-0.4, -0.2) is 24.1 Å². The molecule has 1 aromatic carbocycles. The minimum atomic E-state index is -4.69. The zero-order valence-electron chi connectivity index (χ0n) is 11.1. The van der Waals surface area contributed by atoms with Gasteiger partial charge in [0.1, 0.15) is 5.82 Å². The number of aromatic nitrogens is 2. The van der Waals surface area contributed by atoms with Gasteiger partial charge in [0.2, 0.25) is 5.82 Å². The molecule has 2 rings (SSSR count). The second-order valence-electron chi connectivity index (χ2n) is 4.06. The normalized spacial score (nSPS) is 11.3. The van der Waals surface area contributed by atoms with Crippen LogP contribution in [0.5, 0.6) is 5.75 Å². The number of hydrogen-bond donors (Lipinski definition) is 1. The smallest absolute Gasteiger partial charge is 0.451 e. The molecule has 1 N–H and O–H groups in total. The zero-order chi connectivity index (χ0) is 15.6. The van der Waals surface area contributed by atoms with Crippen LogP contribution in [0.2, 0.25) is 0 Å². The first-order valence-corrected chi connectivity index (χ1v) is 5.83. The van der Waals surface area contributed by atoms with E-state index < -0.39 is 17.8 Å². The van der Waals surface area contributed by atoms with Gasteiger partial charge in [-0.05, 0) is 18.2 Å². The number of halogens is 4. The summed E-state index contributed by atoms with van der Waals surface area (Å²) in [6.45, 7) is 0. The van der Waals surface area contributed by atoms with E-state index in [2.05, 4.69) is 15.3 Å². The lowest BCUT2D eigenvalue weighted by Gasteiger charge is -2.10. The average molecular weight is 301 g/mol. The Balaban J connectivity index is 2.55. The number of rotatable bonds is 3. The van der Waals surface area contributed by atoms with Gasteiger partial charge < -0.3 is 10.1 Å². The van der Waals surface area contributed by atoms with Gasteiger partial charge in [0.25, 0.3) is 0 Å². The van der Waals surface area contributed by atoms with Crippen LogP contribution in [-0.2, 0) is 6.18 Å². The second-order valence-corrected chi connectivity index (χ2v) is 4.06. The third-order valence-corrected chi connectivity index (χ3v) is 2.68. The van der Waals surface area contributed by atoms with Crippen molar-refractivity contribution in [2.24, 2.45) is 0 Å². The number of alkyl halides is 3. The van der Waals surface area contributed by atoms with E-state index in [0.29, 0.717) is 0 Å². The molecule has 1 heterocycles. The molecule has 1 aromatic heterocycles. The monoisotopic (exact) mass is 301 g/mol. The second kappa shape index (κ2) is 5.55. The number of nitrogens with one attached hydrogen (secondary N) is 1. The van der Waals surface area contributed by atoms with E-state index in [0.717, 1.165) is 6.07 Å². The standard InChI is InChI=1S/C13H11F4N3O/c1-18-11-6-9(19-12(20-11)13(15,16)17)7-3-4-10(21-2)8(14)5-7/h3-6H,1-2H3,(H,18,19,20). The zero-order valence-corrected chi connectivity index (χ0v) is 11.1. The fraction of sp³-hybridized carbons (Fsp3) is 0.231. The van der Waals surface area contributed by atoms with Crippen LogP contribution in [0.15, 0.2) is 24.3 Å². The summed E-state index contributed by atoms with van der Waals surface area (Å²) in [6, 6.07) is 5.10. The highest BCUT2D eigenvalue weighted by Crippen LogP contribution is 2.31. The average Bonchev–Trinajstić information content (AvgIpc) is 2.45. The molecule has 0 spiro atoms. The Bertz CT molecular complexity index is 658. The molecule has 0 saturated carbocycles. The topological polar surface area (TPSA) is 47.0 Å². The number of anilines is 1. The van der Waals surface area contributed by atoms with Crippen molar-refractivity contribution in [2.75, 3.05) is 19.5 Å². The molecule has 0 aliphatic heterocycles. The van der Waals surface area contributed by atoms with E-state index in [1.807, 2.05) is 0 Å². The molecule has 0 aliphatic carbocycles. The summed E-state index contributed by atoms with van der Waals surface area (Å²) < 4.78 is 56.7. The summed E-state index contributed by atoms with van der Waals surface area (Å²) in [6.07, 6.45) is -4.69. The molecule has 0 radical (unpaired) electrons. The predicted molar refractivity (Wildman–Crippen MR) is 68.5 cm³/mol. The largest absolute Gasteiger partial charge is 0.494 e. The van der Waals surface area contributed by atoms with Crippen molar-refractivity contribution < 1.29 is 22.3 Å². The lowest BCUT2D eigenvalue weighted by Crippen LogP contribution is -2.13. The SMILES string of the molecule is CNc1cc(-c2ccc(OC)c(F)c2)nc(C(F)(F)F)n1. The first kappa shape index (κ1) is 15.0. The minimum absolute atomic E-state index is 0.00214. The van der Waals surface area contributed by atoms with Gasteiger partial charge in [-0.3, -0.25) is 0 Å². The van der Waals surface area contributed by atoms with Crippen LogP contribution in [0.3, 0.4) is 0 Å². The Labute approximate surface area is 117 Å². The minimum Gasteiger partial charge on any atom is -0.494 e. The maximum atomic E-state index is 13.6. The highest BCUT2D eigenvalue weighted by Gasteiger charge is 2.35. The molecule has 112 valence electrons. The Kier molecular flexibility index (Phi) is 3.97. The molecule has 0 aliphatic rings. The fourth-order valence-corrected chi connectivity index (χ4v) is 1.68. The Morgan fingerprint density at radius 1 is 1.14 bits per heavy atom. The van der Waals surface area contributed by atoms with Crippen LogP contribution in [0.1, 0.15) is 5.82 Å². The lowest BCUT2D eigenvalue weighted by molar-refractivity contribution is -0.144. The van der Waals surface area contributed by atoms with Crippen LogP contribution in [0.25, 0.3) is 11.3 Å². The highest BCUT2D eigenvalue weighted by molar-refractivity contribution is 5.63. The predicted octanol–water partition coefficient (Wildman–Crippen LogP) is 3.35. The van der Waals surface area contributed by atoms with Crippen molar-refractivity contribution in [3.8, 4) is 17.0 Å². The van der Waals surface area contributed by atoms with E-state index in [1.54, 1.807) is 0 Å². The molecule has 8 heteroatoms. The third kappa shape index (κ3) is 3.21. The summed E-state index contributed by atoms with van der Waals surface area (Å²) >= 11 is 0. The van der Waals surface area contributed by atoms with Crippen LogP contribution in [0.4, 0.5) is 23.4 Å². The van der Waals surface area contributed by atoms with Gasteiger partial charge in [0, 0.05) is 18.7 Å². The highest BCUT2D eigenvalue weighted by atomic mass is 19.4. The number of nitrogens with zero attached hydrogens (tertiary/aromatic N) is 2. The van der Waals surface area contributed by atoms with Gasteiger partial charge in [-0.2, -0.15) is 13.2 Å². The molecule has 0 fully saturated rings. The Morgan fingerprint density at radius 2 is 1.86 bits per heavy atom. The van der Waals surface area contributed by atoms with E-state index in [1.165, 1.54) is 32.4 Å². The van der Waals surface area contributed by atoms with E-state index in [-0.39, 0.29) is 22.8 Å². The summed E-state index contributed by atoms with van der Waals surface area (Å²) in [5, 5.41) is 2.52. The molecular formula is C13H11F4N3O. The molecule has 0 unspecified atom stereocenters. The third-order valence-electron chi connectivity index (χ3n) is 2.68. The number of benzene rings is 1. The fourth-order valence-electron chi connectivity index (χ4n) is 1.68. The van der Waals surface area contributed by atoms with Crippen molar-refractivity contribution in [3.63, 3.8) is 0 Å². The lowest BCUT2D eigenvalue weighted by atomic mass is 10.1. The molecular weight excluding hydrogens is 290 g/mol. The molecule has 0 bridgehead atoms. The number of ether oxygens (including phenoxy) is 1. The molecule has 21 heavy (non-hydrogen) atoms. The van der Waals surface area contributed by atoms with Gasteiger partial charge >= 0.3 is 6.18 Å². The molecule has 0 atom stereocenters. The maximum absolute atomic E-state index is 13.6. The van der Waals surface area contributed by atoms with Crippen molar-refractivity contribution in [1.82, 2.24) is 9.97 Å². The summed E-state index contributed by atoms with van der Waals surface area (Å²) in [5.41, 5.74) is 0.154. The van der Waals surface area contributed by atoms with Crippen molar-refractivity contribution in [3.05, 3.63) is 35.9 Å².